The molecule has 6 heteroatoms. The number of rotatable bonds is 7. The quantitative estimate of drug-likeness (QED) is 0.628. The number of benzene rings is 3. The summed E-state index contributed by atoms with van der Waals surface area (Å²) in [5.74, 6) is 0.0164. The maximum absolute atomic E-state index is 12.3. The van der Waals surface area contributed by atoms with Crippen molar-refractivity contribution in [1.82, 2.24) is 5.32 Å². The molecule has 0 spiro atoms. The first-order chi connectivity index (χ1) is 13.6. The average molecular weight is 395 g/mol. The highest BCUT2D eigenvalue weighted by molar-refractivity contribution is 6.30. The van der Waals surface area contributed by atoms with Crippen molar-refractivity contribution < 1.29 is 14.3 Å². The summed E-state index contributed by atoms with van der Waals surface area (Å²) in [7, 11) is 0. The number of ether oxygens (including phenoxy) is 1. The van der Waals surface area contributed by atoms with Gasteiger partial charge in [0.05, 0.1) is 0 Å². The van der Waals surface area contributed by atoms with Crippen molar-refractivity contribution in [3.05, 3.63) is 95.0 Å². The minimum atomic E-state index is -0.322. The molecule has 28 heavy (non-hydrogen) atoms. The normalized spacial score (nSPS) is 10.2. The van der Waals surface area contributed by atoms with Gasteiger partial charge in [-0.2, -0.15) is 0 Å². The smallest absolute Gasteiger partial charge is 0.262 e. The Morgan fingerprint density at radius 3 is 2.39 bits per heavy atom. The first-order valence-electron chi connectivity index (χ1n) is 8.70. The van der Waals surface area contributed by atoms with E-state index in [9.17, 15) is 9.59 Å². The van der Waals surface area contributed by atoms with Gasteiger partial charge in [-0.25, -0.2) is 0 Å². The summed E-state index contributed by atoms with van der Waals surface area (Å²) in [5.41, 5.74) is 2.00. The van der Waals surface area contributed by atoms with Crippen molar-refractivity contribution >= 4 is 29.1 Å². The molecule has 2 N–H and O–H groups in total. The number of hydrogen-bond donors (Lipinski definition) is 2. The highest BCUT2D eigenvalue weighted by Crippen LogP contribution is 2.16. The molecule has 0 aliphatic rings. The molecule has 0 heterocycles. The molecule has 0 unspecified atom stereocenters. The van der Waals surface area contributed by atoms with Gasteiger partial charge in [-0.3, -0.25) is 9.59 Å². The summed E-state index contributed by atoms with van der Waals surface area (Å²) in [4.78, 5) is 24.4. The highest BCUT2D eigenvalue weighted by atomic mass is 35.5. The van der Waals surface area contributed by atoms with Crippen LogP contribution in [-0.4, -0.2) is 18.4 Å². The van der Waals surface area contributed by atoms with Crippen LogP contribution in [0.1, 0.15) is 15.9 Å². The van der Waals surface area contributed by atoms with Crippen molar-refractivity contribution in [2.24, 2.45) is 0 Å². The van der Waals surface area contributed by atoms with E-state index in [2.05, 4.69) is 10.6 Å². The first kappa shape index (κ1) is 19.5. The summed E-state index contributed by atoms with van der Waals surface area (Å²) >= 11 is 5.81. The zero-order valence-electron chi connectivity index (χ0n) is 15.0. The maximum Gasteiger partial charge on any atom is 0.262 e. The Morgan fingerprint density at radius 2 is 1.64 bits per heavy atom. The van der Waals surface area contributed by atoms with E-state index in [4.69, 9.17) is 16.3 Å². The van der Waals surface area contributed by atoms with Gasteiger partial charge in [0.25, 0.3) is 11.8 Å². The summed E-state index contributed by atoms with van der Waals surface area (Å²) in [5, 5.41) is 6.18. The lowest BCUT2D eigenvalue weighted by atomic mass is 10.1. The van der Waals surface area contributed by atoms with Crippen LogP contribution in [0.5, 0.6) is 5.75 Å². The van der Waals surface area contributed by atoms with Crippen molar-refractivity contribution in [2.45, 2.75) is 6.54 Å². The molecule has 0 aliphatic heterocycles. The zero-order chi connectivity index (χ0) is 19.8. The van der Waals surface area contributed by atoms with Gasteiger partial charge < -0.3 is 15.4 Å². The van der Waals surface area contributed by atoms with Crippen LogP contribution in [0.25, 0.3) is 0 Å². The van der Waals surface area contributed by atoms with Gasteiger partial charge in [-0.05, 0) is 48.0 Å². The standard InChI is InChI=1S/C22H19ClN2O3/c23-18-9-11-20(12-10-18)28-15-21(26)25-19-8-4-7-17(13-19)22(27)24-14-16-5-2-1-3-6-16/h1-13H,14-15H2,(H,24,27)(H,25,26). The van der Waals surface area contributed by atoms with E-state index in [1.807, 2.05) is 30.3 Å². The second kappa shape index (κ2) is 9.58. The fraction of sp³-hybridized carbons (Fsp3) is 0.0909. The predicted octanol–water partition coefficient (Wildman–Crippen LogP) is 4.29. The van der Waals surface area contributed by atoms with Crippen LogP contribution in [0.15, 0.2) is 78.9 Å². The van der Waals surface area contributed by atoms with Gasteiger partial charge in [-0.1, -0.05) is 48.0 Å². The molecule has 2 amide bonds. The third-order valence-corrected chi connectivity index (χ3v) is 4.14. The molecule has 0 saturated carbocycles. The minimum absolute atomic E-state index is 0.147. The number of carbonyl (C=O) groups excluding carboxylic acids is 2. The zero-order valence-corrected chi connectivity index (χ0v) is 15.8. The molecule has 0 fully saturated rings. The lowest BCUT2D eigenvalue weighted by Gasteiger charge is -2.09. The molecule has 3 aromatic carbocycles. The molecule has 0 radical (unpaired) electrons. The van der Waals surface area contributed by atoms with Crippen LogP contribution in [0, 0.1) is 0 Å². The van der Waals surface area contributed by atoms with E-state index in [0.29, 0.717) is 28.6 Å². The molecule has 0 aliphatic carbocycles. The van der Waals surface area contributed by atoms with Crippen LogP contribution in [0.3, 0.4) is 0 Å². The SMILES string of the molecule is O=C(COc1ccc(Cl)cc1)Nc1cccc(C(=O)NCc2ccccc2)c1. The van der Waals surface area contributed by atoms with Gasteiger partial charge in [0.1, 0.15) is 5.75 Å². The monoisotopic (exact) mass is 394 g/mol. The van der Waals surface area contributed by atoms with Crippen molar-refractivity contribution in [3.63, 3.8) is 0 Å². The summed E-state index contributed by atoms with van der Waals surface area (Å²) in [6.07, 6.45) is 0. The fourth-order valence-corrected chi connectivity index (χ4v) is 2.62. The molecule has 0 bridgehead atoms. The third kappa shape index (κ3) is 5.86. The molecule has 3 aromatic rings. The molecule has 3 rings (SSSR count). The van der Waals surface area contributed by atoms with E-state index in [1.54, 1.807) is 48.5 Å². The maximum atomic E-state index is 12.3. The van der Waals surface area contributed by atoms with E-state index in [-0.39, 0.29) is 18.4 Å². The molecular formula is C22H19ClN2O3. The molecule has 0 aromatic heterocycles. The van der Waals surface area contributed by atoms with E-state index in [1.165, 1.54) is 0 Å². The van der Waals surface area contributed by atoms with E-state index in [0.717, 1.165) is 5.56 Å². The second-order valence-electron chi connectivity index (χ2n) is 6.04. The Kier molecular flexibility index (Phi) is 6.65. The number of carbonyl (C=O) groups is 2. The van der Waals surface area contributed by atoms with Gasteiger partial charge in [0.15, 0.2) is 6.61 Å². The van der Waals surface area contributed by atoms with Crippen molar-refractivity contribution in [2.75, 3.05) is 11.9 Å². The van der Waals surface area contributed by atoms with Crippen LogP contribution in [0.4, 0.5) is 5.69 Å². The molecule has 0 atom stereocenters. The predicted molar refractivity (Wildman–Crippen MR) is 110 cm³/mol. The van der Waals surface area contributed by atoms with Crippen LogP contribution in [-0.2, 0) is 11.3 Å². The third-order valence-electron chi connectivity index (χ3n) is 3.89. The highest BCUT2D eigenvalue weighted by Gasteiger charge is 2.08. The lowest BCUT2D eigenvalue weighted by molar-refractivity contribution is -0.118. The van der Waals surface area contributed by atoms with Gasteiger partial charge in [0.2, 0.25) is 0 Å². The molecule has 5 nitrogen and oxygen atoms in total. The van der Waals surface area contributed by atoms with Gasteiger partial charge in [0, 0.05) is 22.8 Å². The Morgan fingerprint density at radius 1 is 0.893 bits per heavy atom. The molecular weight excluding hydrogens is 376 g/mol. The minimum Gasteiger partial charge on any atom is -0.484 e. The Balaban J connectivity index is 1.52. The van der Waals surface area contributed by atoms with Crippen molar-refractivity contribution in [1.29, 1.82) is 0 Å². The number of hydrogen-bond acceptors (Lipinski definition) is 3. The van der Waals surface area contributed by atoms with Crippen LogP contribution >= 0.6 is 11.6 Å². The summed E-state index contributed by atoms with van der Waals surface area (Å²) in [6, 6.07) is 23.2. The largest absolute Gasteiger partial charge is 0.484 e. The van der Waals surface area contributed by atoms with Gasteiger partial charge >= 0.3 is 0 Å². The number of halogens is 1. The van der Waals surface area contributed by atoms with Crippen LogP contribution < -0.4 is 15.4 Å². The van der Waals surface area contributed by atoms with Crippen LogP contribution in [0.2, 0.25) is 5.02 Å². The first-order valence-corrected chi connectivity index (χ1v) is 9.08. The molecule has 0 saturated heterocycles. The fourth-order valence-electron chi connectivity index (χ4n) is 2.50. The Hall–Kier alpha value is -3.31. The van der Waals surface area contributed by atoms with Crippen molar-refractivity contribution in [3.8, 4) is 5.75 Å². The number of nitrogens with one attached hydrogen (secondary N) is 2. The number of amides is 2. The summed E-state index contributed by atoms with van der Waals surface area (Å²) in [6.45, 7) is 0.289. The topological polar surface area (TPSA) is 67.4 Å². The Labute approximate surface area is 168 Å². The summed E-state index contributed by atoms with van der Waals surface area (Å²) < 4.78 is 5.41. The Bertz CT molecular complexity index is 944. The van der Waals surface area contributed by atoms with E-state index >= 15 is 0 Å². The second-order valence-corrected chi connectivity index (χ2v) is 6.48. The number of anilines is 1. The van der Waals surface area contributed by atoms with E-state index < -0.39 is 0 Å². The lowest BCUT2D eigenvalue weighted by Crippen LogP contribution is -2.23. The average Bonchev–Trinajstić information content (AvgIpc) is 2.72. The molecule has 142 valence electrons. The van der Waals surface area contributed by atoms with Gasteiger partial charge in [-0.15, -0.1) is 0 Å².